The van der Waals surface area contributed by atoms with Crippen molar-refractivity contribution in [1.82, 2.24) is 19.8 Å². The minimum absolute atomic E-state index is 0.134. The maximum Gasteiger partial charge on any atom is 0.418 e. The summed E-state index contributed by atoms with van der Waals surface area (Å²) in [6, 6.07) is 13.1. The Morgan fingerprint density at radius 3 is 2.48 bits per heavy atom. The van der Waals surface area contributed by atoms with Gasteiger partial charge in [-0.25, -0.2) is 0 Å². The monoisotopic (exact) mass is 472 g/mol. The largest absolute Gasteiger partial charge is 0.418 e. The van der Waals surface area contributed by atoms with E-state index in [0.29, 0.717) is 5.11 Å². The Morgan fingerprint density at radius 1 is 1.09 bits per heavy atom. The summed E-state index contributed by atoms with van der Waals surface area (Å²) in [4.78, 5) is 6.70. The van der Waals surface area contributed by atoms with Gasteiger partial charge in [0.2, 0.25) is 0 Å². The van der Waals surface area contributed by atoms with Gasteiger partial charge in [-0.15, -0.1) is 0 Å². The first kappa shape index (κ1) is 23.3. The van der Waals surface area contributed by atoms with Crippen molar-refractivity contribution in [3.63, 3.8) is 0 Å². The van der Waals surface area contributed by atoms with Crippen LogP contribution in [0, 0.1) is 13.8 Å². The molecule has 0 spiro atoms. The molecule has 174 valence electrons. The lowest BCUT2D eigenvalue weighted by atomic mass is 9.96. The molecule has 2 atom stereocenters. The van der Waals surface area contributed by atoms with E-state index in [1.165, 1.54) is 12.1 Å². The van der Waals surface area contributed by atoms with Crippen molar-refractivity contribution in [3.8, 4) is 5.69 Å². The zero-order chi connectivity index (χ0) is 23.8. The van der Waals surface area contributed by atoms with Crippen LogP contribution in [0.4, 0.5) is 13.2 Å². The Kier molecular flexibility index (Phi) is 6.47. The highest BCUT2D eigenvalue weighted by Gasteiger charge is 2.41. The van der Waals surface area contributed by atoms with Crippen LogP contribution < -0.4 is 5.32 Å². The van der Waals surface area contributed by atoms with E-state index in [-0.39, 0.29) is 17.8 Å². The molecule has 8 heteroatoms. The maximum atomic E-state index is 13.8. The van der Waals surface area contributed by atoms with Crippen LogP contribution in [-0.2, 0) is 6.18 Å². The van der Waals surface area contributed by atoms with E-state index in [9.17, 15) is 13.2 Å². The van der Waals surface area contributed by atoms with E-state index in [2.05, 4.69) is 22.1 Å². The molecule has 0 aliphatic carbocycles. The lowest BCUT2D eigenvalue weighted by Gasteiger charge is -2.28. The molecule has 2 aromatic heterocycles. The predicted octanol–water partition coefficient (Wildman–Crippen LogP) is 6.28. The van der Waals surface area contributed by atoms with Gasteiger partial charge >= 0.3 is 6.18 Å². The topological polar surface area (TPSA) is 33.1 Å². The Balaban J connectivity index is 1.86. The van der Waals surface area contributed by atoms with Gasteiger partial charge in [0, 0.05) is 24.1 Å². The number of hydrogen-bond acceptors (Lipinski definition) is 2. The van der Waals surface area contributed by atoms with Crippen LogP contribution in [0.1, 0.15) is 60.1 Å². The fourth-order valence-corrected chi connectivity index (χ4v) is 5.01. The number of para-hydroxylation sites is 1. The average molecular weight is 473 g/mol. The number of benzene rings is 1. The summed E-state index contributed by atoms with van der Waals surface area (Å²) in [5, 5.41) is 4.06. The fraction of sp³-hybridized carbons (Fsp3) is 0.360. The third-order valence-corrected chi connectivity index (χ3v) is 6.54. The molecule has 3 heterocycles. The molecule has 33 heavy (non-hydrogen) atoms. The van der Waals surface area contributed by atoms with E-state index in [1.54, 1.807) is 16.8 Å². The zero-order valence-electron chi connectivity index (χ0n) is 18.9. The maximum absolute atomic E-state index is 13.8. The van der Waals surface area contributed by atoms with E-state index in [1.807, 2.05) is 38.1 Å². The van der Waals surface area contributed by atoms with Crippen molar-refractivity contribution in [1.29, 1.82) is 0 Å². The van der Waals surface area contributed by atoms with Crippen LogP contribution >= 0.6 is 12.2 Å². The molecule has 0 saturated carbocycles. The smallest absolute Gasteiger partial charge is 0.352 e. The summed E-state index contributed by atoms with van der Waals surface area (Å²) in [6.07, 6.45) is -0.726. The van der Waals surface area contributed by atoms with Gasteiger partial charge in [-0.05, 0) is 68.4 Å². The van der Waals surface area contributed by atoms with Gasteiger partial charge in [-0.1, -0.05) is 31.5 Å². The first-order valence-electron chi connectivity index (χ1n) is 11.1. The van der Waals surface area contributed by atoms with Crippen LogP contribution in [0.2, 0.25) is 0 Å². The van der Waals surface area contributed by atoms with E-state index in [4.69, 9.17) is 12.2 Å². The van der Waals surface area contributed by atoms with Crippen LogP contribution in [0.25, 0.3) is 5.69 Å². The highest BCUT2D eigenvalue weighted by atomic mass is 32.1. The first-order valence-corrected chi connectivity index (χ1v) is 11.5. The number of thiocarbonyl (C=S) groups is 1. The molecule has 1 aromatic carbocycles. The number of nitrogens with one attached hydrogen (secondary N) is 1. The standard InChI is InChI=1S/C25H27F3N4S/c1-4-5-14-31-23(22(30-24(31)33)20-11-8-9-13-29-20)18-15-16(2)32(17(18)3)21-12-7-6-10-19(21)25(26,27)28/h6-13,15,22-23H,4-5,14H2,1-3H3,(H,30,33)/t22-,23-/m1/s1. The SMILES string of the molecule is CCCCN1C(=S)N[C@H](c2ccccn2)[C@H]1c1cc(C)n(-c2ccccc2C(F)(F)F)c1C. The molecule has 0 unspecified atom stereocenters. The normalized spacial score (nSPS) is 18.6. The summed E-state index contributed by atoms with van der Waals surface area (Å²) in [5.74, 6) is 0. The number of halogens is 3. The number of nitrogens with zero attached hydrogens (tertiary/aromatic N) is 3. The lowest BCUT2D eigenvalue weighted by molar-refractivity contribution is -0.137. The molecular weight excluding hydrogens is 445 g/mol. The van der Waals surface area contributed by atoms with E-state index in [0.717, 1.165) is 48.1 Å². The molecule has 3 aromatic rings. The minimum atomic E-state index is -4.44. The molecule has 1 saturated heterocycles. The molecule has 0 radical (unpaired) electrons. The van der Waals surface area contributed by atoms with Gasteiger partial charge in [-0.2, -0.15) is 13.2 Å². The van der Waals surface area contributed by atoms with Crippen LogP contribution in [0.5, 0.6) is 0 Å². The van der Waals surface area contributed by atoms with Gasteiger partial charge in [0.1, 0.15) is 0 Å². The molecule has 0 bridgehead atoms. The molecular formula is C25H27F3N4S. The van der Waals surface area contributed by atoms with E-state index < -0.39 is 11.7 Å². The number of alkyl halides is 3. The first-order chi connectivity index (χ1) is 15.7. The third-order valence-electron chi connectivity index (χ3n) is 6.19. The molecule has 1 N–H and O–H groups in total. The summed E-state index contributed by atoms with van der Waals surface area (Å²) in [6.45, 7) is 6.61. The number of hydrogen-bond donors (Lipinski definition) is 1. The molecule has 1 fully saturated rings. The van der Waals surface area contributed by atoms with E-state index >= 15 is 0 Å². The van der Waals surface area contributed by atoms with Crippen molar-refractivity contribution in [2.45, 2.75) is 51.9 Å². The van der Waals surface area contributed by atoms with Gasteiger partial charge in [0.05, 0.1) is 29.0 Å². The van der Waals surface area contributed by atoms with Gasteiger partial charge in [0.25, 0.3) is 0 Å². The Hall–Kier alpha value is -2.87. The fourth-order valence-electron chi connectivity index (χ4n) is 4.68. The van der Waals surface area contributed by atoms with Crippen LogP contribution in [0.3, 0.4) is 0 Å². The van der Waals surface area contributed by atoms with Gasteiger partial charge in [-0.3, -0.25) is 4.98 Å². The number of aromatic nitrogens is 2. The lowest BCUT2D eigenvalue weighted by Crippen LogP contribution is -2.30. The summed E-state index contributed by atoms with van der Waals surface area (Å²) >= 11 is 5.69. The predicted molar refractivity (Wildman–Crippen MR) is 127 cm³/mol. The summed E-state index contributed by atoms with van der Waals surface area (Å²) in [5.41, 5.74) is 2.79. The summed E-state index contributed by atoms with van der Waals surface area (Å²) in [7, 11) is 0. The molecule has 0 amide bonds. The third kappa shape index (κ3) is 4.36. The van der Waals surface area contributed by atoms with Gasteiger partial charge in [0.15, 0.2) is 5.11 Å². The Labute approximate surface area is 197 Å². The van der Waals surface area contributed by atoms with Crippen LogP contribution in [-0.4, -0.2) is 26.1 Å². The van der Waals surface area contributed by atoms with Crippen molar-refractivity contribution in [2.24, 2.45) is 0 Å². The molecule has 4 nitrogen and oxygen atoms in total. The average Bonchev–Trinajstić information content (AvgIpc) is 3.27. The number of unbranched alkanes of at least 4 members (excludes halogenated alkanes) is 1. The van der Waals surface area contributed by atoms with Crippen molar-refractivity contribution in [3.05, 3.63) is 82.9 Å². The number of rotatable bonds is 6. The highest BCUT2D eigenvalue weighted by Crippen LogP contribution is 2.42. The minimum Gasteiger partial charge on any atom is -0.352 e. The number of pyridine rings is 1. The van der Waals surface area contributed by atoms with Crippen molar-refractivity contribution >= 4 is 17.3 Å². The van der Waals surface area contributed by atoms with Crippen molar-refractivity contribution < 1.29 is 13.2 Å². The Bertz CT molecular complexity index is 1140. The second kappa shape index (κ2) is 9.17. The van der Waals surface area contributed by atoms with Gasteiger partial charge < -0.3 is 14.8 Å². The van der Waals surface area contributed by atoms with Crippen LogP contribution in [0.15, 0.2) is 54.7 Å². The quantitative estimate of drug-likeness (QED) is 0.428. The second-order valence-corrected chi connectivity index (χ2v) is 8.74. The zero-order valence-corrected chi connectivity index (χ0v) is 19.7. The van der Waals surface area contributed by atoms with Crippen molar-refractivity contribution in [2.75, 3.05) is 6.54 Å². The Morgan fingerprint density at radius 2 is 1.82 bits per heavy atom. The molecule has 1 aliphatic rings. The second-order valence-electron chi connectivity index (χ2n) is 8.35. The molecule has 4 rings (SSSR count). The summed E-state index contributed by atoms with van der Waals surface area (Å²) < 4.78 is 43.1. The molecule has 1 aliphatic heterocycles. The number of aryl methyl sites for hydroxylation is 1. The highest BCUT2D eigenvalue weighted by molar-refractivity contribution is 7.80.